The molecule has 2 aromatic carbocycles. The maximum Gasteiger partial charge on any atom is 0.238 e. The van der Waals surface area contributed by atoms with Crippen LogP contribution in [0, 0.1) is 0 Å². The summed E-state index contributed by atoms with van der Waals surface area (Å²) in [6.07, 6.45) is 5.09. The predicted molar refractivity (Wildman–Crippen MR) is 100 cm³/mol. The summed E-state index contributed by atoms with van der Waals surface area (Å²) in [5, 5.41) is 9.18. The Kier molecular flexibility index (Phi) is 6.97. The van der Waals surface area contributed by atoms with E-state index in [9.17, 15) is 8.42 Å². The molecule has 7 heteroatoms. The van der Waals surface area contributed by atoms with Crippen molar-refractivity contribution in [1.29, 1.82) is 0 Å². The average Bonchev–Trinajstić information content (AvgIpc) is 2.60. The van der Waals surface area contributed by atoms with Crippen molar-refractivity contribution in [3.8, 4) is 5.75 Å². The van der Waals surface area contributed by atoms with Crippen molar-refractivity contribution in [3.63, 3.8) is 0 Å². The van der Waals surface area contributed by atoms with Crippen LogP contribution < -0.4 is 15.3 Å². The van der Waals surface area contributed by atoms with Crippen LogP contribution in [0.3, 0.4) is 0 Å². The predicted octanol–water partition coefficient (Wildman–Crippen LogP) is 3.35. The fourth-order valence-corrected chi connectivity index (χ4v) is 2.61. The fourth-order valence-electron chi connectivity index (χ4n) is 2.09. The third kappa shape index (κ3) is 6.56. The normalized spacial score (nSPS) is 11.6. The van der Waals surface area contributed by atoms with Gasteiger partial charge in [-0.1, -0.05) is 19.8 Å². The van der Waals surface area contributed by atoms with E-state index in [0.29, 0.717) is 5.69 Å². The summed E-state index contributed by atoms with van der Waals surface area (Å²) in [5.41, 5.74) is 4.43. The van der Waals surface area contributed by atoms with E-state index in [1.807, 2.05) is 24.3 Å². The van der Waals surface area contributed by atoms with Crippen LogP contribution in [-0.4, -0.2) is 21.2 Å². The molecule has 2 aromatic rings. The molecule has 0 radical (unpaired) electrons. The van der Waals surface area contributed by atoms with Gasteiger partial charge in [-0.05, 0) is 60.5 Å². The summed E-state index contributed by atoms with van der Waals surface area (Å²) >= 11 is 0. The van der Waals surface area contributed by atoms with Crippen LogP contribution in [0.4, 0.5) is 5.69 Å². The first-order valence-electron chi connectivity index (χ1n) is 8.14. The summed E-state index contributed by atoms with van der Waals surface area (Å²) in [6.45, 7) is 2.90. The second-order valence-corrected chi connectivity index (χ2v) is 7.13. The number of hydrogen-bond donors (Lipinski definition) is 2. The zero-order valence-electron chi connectivity index (χ0n) is 14.2. The molecule has 0 spiro atoms. The summed E-state index contributed by atoms with van der Waals surface area (Å²) in [7, 11) is -3.68. The van der Waals surface area contributed by atoms with E-state index in [-0.39, 0.29) is 4.90 Å². The molecule has 0 unspecified atom stereocenters. The molecule has 25 heavy (non-hydrogen) atoms. The van der Waals surface area contributed by atoms with Crippen LogP contribution in [0.25, 0.3) is 0 Å². The molecule has 0 fully saturated rings. The highest BCUT2D eigenvalue weighted by Crippen LogP contribution is 2.14. The minimum atomic E-state index is -3.68. The molecule has 134 valence electrons. The number of rotatable bonds is 9. The number of hydrazone groups is 1. The van der Waals surface area contributed by atoms with Gasteiger partial charge in [0.2, 0.25) is 10.0 Å². The lowest BCUT2D eigenvalue weighted by atomic mass is 10.2. The second-order valence-electron chi connectivity index (χ2n) is 5.56. The number of nitrogens with one attached hydrogen (secondary N) is 1. The van der Waals surface area contributed by atoms with E-state index in [0.717, 1.165) is 24.3 Å². The summed E-state index contributed by atoms with van der Waals surface area (Å²) in [5.74, 6) is 0.847. The van der Waals surface area contributed by atoms with Crippen molar-refractivity contribution in [2.75, 3.05) is 12.0 Å². The molecular formula is C18H23N3O3S. The lowest BCUT2D eigenvalue weighted by Crippen LogP contribution is -2.11. The van der Waals surface area contributed by atoms with Crippen LogP contribution in [0.15, 0.2) is 58.5 Å². The van der Waals surface area contributed by atoms with Gasteiger partial charge in [-0.15, -0.1) is 0 Å². The van der Waals surface area contributed by atoms with Crippen LogP contribution >= 0.6 is 0 Å². The highest BCUT2D eigenvalue weighted by Gasteiger charge is 2.06. The number of ether oxygens (including phenoxy) is 1. The topological polar surface area (TPSA) is 93.8 Å². The first-order valence-corrected chi connectivity index (χ1v) is 9.68. The average molecular weight is 361 g/mol. The van der Waals surface area contributed by atoms with Crippen LogP contribution in [0.1, 0.15) is 31.7 Å². The SMILES string of the molecule is CCCCCOc1ccc(/C=N/Nc2ccc(S(N)(=O)=O)cc2)cc1. The van der Waals surface area contributed by atoms with Crippen molar-refractivity contribution in [2.45, 2.75) is 31.1 Å². The molecule has 0 saturated carbocycles. The van der Waals surface area contributed by atoms with E-state index in [2.05, 4.69) is 17.5 Å². The Hall–Kier alpha value is -2.38. The summed E-state index contributed by atoms with van der Waals surface area (Å²) in [6, 6.07) is 13.7. The van der Waals surface area contributed by atoms with Gasteiger partial charge in [0, 0.05) is 0 Å². The Bertz CT molecular complexity index is 785. The Labute approximate surface area is 148 Å². The van der Waals surface area contributed by atoms with Crippen molar-refractivity contribution in [2.24, 2.45) is 10.2 Å². The fraction of sp³-hybridized carbons (Fsp3) is 0.278. The molecule has 0 atom stereocenters. The van der Waals surface area contributed by atoms with E-state index < -0.39 is 10.0 Å². The molecule has 0 aromatic heterocycles. The number of benzene rings is 2. The third-order valence-electron chi connectivity index (χ3n) is 3.49. The molecule has 0 saturated heterocycles. The molecule has 3 N–H and O–H groups in total. The van der Waals surface area contributed by atoms with Gasteiger partial charge in [-0.25, -0.2) is 13.6 Å². The quantitative estimate of drug-likeness (QED) is 0.407. The lowest BCUT2D eigenvalue weighted by Gasteiger charge is -2.05. The standard InChI is InChI=1S/C18H23N3O3S/c1-2-3-4-13-24-17-9-5-15(6-10-17)14-20-21-16-7-11-18(12-8-16)25(19,22)23/h5-12,14,21H,2-4,13H2,1H3,(H2,19,22,23)/b20-14+. The third-order valence-corrected chi connectivity index (χ3v) is 4.42. The van der Waals surface area contributed by atoms with Gasteiger partial charge >= 0.3 is 0 Å². The van der Waals surface area contributed by atoms with Crippen LogP contribution in [0.5, 0.6) is 5.75 Å². The Morgan fingerprint density at radius 2 is 1.76 bits per heavy atom. The van der Waals surface area contributed by atoms with Crippen LogP contribution in [-0.2, 0) is 10.0 Å². The van der Waals surface area contributed by atoms with Gasteiger partial charge in [0.15, 0.2) is 0 Å². The number of sulfonamides is 1. The molecule has 0 aliphatic rings. The van der Waals surface area contributed by atoms with E-state index in [4.69, 9.17) is 9.88 Å². The van der Waals surface area contributed by atoms with Crippen molar-refractivity contribution in [3.05, 3.63) is 54.1 Å². The molecule has 2 rings (SSSR count). The number of unbranched alkanes of at least 4 members (excludes halogenated alkanes) is 2. The maximum atomic E-state index is 11.2. The number of hydrogen-bond acceptors (Lipinski definition) is 5. The minimum Gasteiger partial charge on any atom is -0.494 e. The highest BCUT2D eigenvalue weighted by molar-refractivity contribution is 7.89. The molecular weight excluding hydrogens is 338 g/mol. The largest absolute Gasteiger partial charge is 0.494 e. The van der Waals surface area contributed by atoms with E-state index in [1.54, 1.807) is 18.3 Å². The Morgan fingerprint density at radius 1 is 1.08 bits per heavy atom. The number of anilines is 1. The molecule has 0 aliphatic carbocycles. The van der Waals surface area contributed by atoms with Gasteiger partial charge in [-0.3, -0.25) is 5.43 Å². The Morgan fingerprint density at radius 3 is 2.36 bits per heavy atom. The van der Waals surface area contributed by atoms with Crippen molar-refractivity contribution >= 4 is 21.9 Å². The van der Waals surface area contributed by atoms with Gasteiger partial charge in [-0.2, -0.15) is 5.10 Å². The van der Waals surface area contributed by atoms with Crippen molar-refractivity contribution < 1.29 is 13.2 Å². The van der Waals surface area contributed by atoms with Gasteiger partial charge in [0.05, 0.1) is 23.4 Å². The lowest BCUT2D eigenvalue weighted by molar-refractivity contribution is 0.306. The van der Waals surface area contributed by atoms with Gasteiger partial charge in [0.25, 0.3) is 0 Å². The smallest absolute Gasteiger partial charge is 0.238 e. The van der Waals surface area contributed by atoms with Gasteiger partial charge < -0.3 is 4.74 Å². The molecule has 0 heterocycles. The first-order chi connectivity index (χ1) is 12.0. The molecule has 0 bridgehead atoms. The maximum absolute atomic E-state index is 11.2. The summed E-state index contributed by atoms with van der Waals surface area (Å²) in [4.78, 5) is 0.0663. The Balaban J connectivity index is 1.85. The second kappa shape index (κ2) is 9.19. The van der Waals surface area contributed by atoms with Crippen molar-refractivity contribution in [1.82, 2.24) is 0 Å². The number of primary sulfonamides is 1. The molecule has 0 aliphatic heterocycles. The number of nitrogens with two attached hydrogens (primary N) is 1. The molecule has 0 amide bonds. The molecule has 6 nitrogen and oxygen atoms in total. The minimum absolute atomic E-state index is 0.0663. The van der Waals surface area contributed by atoms with Gasteiger partial charge in [0.1, 0.15) is 5.75 Å². The van der Waals surface area contributed by atoms with E-state index in [1.165, 1.54) is 25.0 Å². The van der Waals surface area contributed by atoms with Crippen LogP contribution in [0.2, 0.25) is 0 Å². The summed E-state index contributed by atoms with van der Waals surface area (Å²) < 4.78 is 28.0. The first kappa shape index (κ1) is 19.0. The van der Waals surface area contributed by atoms with E-state index >= 15 is 0 Å². The zero-order valence-corrected chi connectivity index (χ0v) is 15.0. The number of nitrogens with zero attached hydrogens (tertiary/aromatic N) is 1. The zero-order chi connectivity index (χ0) is 18.1. The highest BCUT2D eigenvalue weighted by atomic mass is 32.2. The monoisotopic (exact) mass is 361 g/mol.